The standard InChI is InChI=1S/C25H32N2O3/c1-17(2)23(27-24(28)20-11-15-22(30-3)16-12-20)25(29)26-21-13-9-19(10-14-21)18-7-5-4-6-8-18/h4-8,11-12,15-17,19,21,23H,9-10,13-14H2,1-3H3,(H,26,29)(H,27,28). The Hall–Kier alpha value is -2.82. The molecule has 1 fully saturated rings. The number of methoxy groups -OCH3 is 1. The lowest BCUT2D eigenvalue weighted by atomic mass is 9.81. The van der Waals surface area contributed by atoms with Crippen LogP contribution < -0.4 is 15.4 Å². The summed E-state index contributed by atoms with van der Waals surface area (Å²) in [5.41, 5.74) is 1.90. The van der Waals surface area contributed by atoms with Gasteiger partial charge in [0.1, 0.15) is 11.8 Å². The van der Waals surface area contributed by atoms with E-state index < -0.39 is 6.04 Å². The maximum Gasteiger partial charge on any atom is 0.251 e. The molecule has 1 unspecified atom stereocenters. The van der Waals surface area contributed by atoms with E-state index in [0.29, 0.717) is 17.2 Å². The van der Waals surface area contributed by atoms with Crippen molar-refractivity contribution in [3.8, 4) is 5.75 Å². The van der Waals surface area contributed by atoms with Crippen LogP contribution in [0.5, 0.6) is 5.75 Å². The van der Waals surface area contributed by atoms with Crippen LogP contribution in [0.25, 0.3) is 0 Å². The van der Waals surface area contributed by atoms with Crippen LogP contribution in [0, 0.1) is 5.92 Å². The minimum Gasteiger partial charge on any atom is -0.497 e. The van der Waals surface area contributed by atoms with Crippen LogP contribution in [0.3, 0.4) is 0 Å². The zero-order valence-electron chi connectivity index (χ0n) is 18.1. The van der Waals surface area contributed by atoms with Gasteiger partial charge in [0.2, 0.25) is 5.91 Å². The molecule has 0 radical (unpaired) electrons. The summed E-state index contributed by atoms with van der Waals surface area (Å²) in [4.78, 5) is 25.5. The summed E-state index contributed by atoms with van der Waals surface area (Å²) in [6.07, 6.45) is 4.06. The second-order valence-corrected chi connectivity index (χ2v) is 8.39. The van der Waals surface area contributed by atoms with Crippen molar-refractivity contribution in [2.24, 2.45) is 5.92 Å². The van der Waals surface area contributed by atoms with Crippen molar-refractivity contribution < 1.29 is 14.3 Å². The zero-order chi connectivity index (χ0) is 21.5. The molecule has 0 aliphatic heterocycles. The van der Waals surface area contributed by atoms with Crippen molar-refractivity contribution in [2.45, 2.75) is 57.5 Å². The van der Waals surface area contributed by atoms with Gasteiger partial charge in [0.15, 0.2) is 0 Å². The van der Waals surface area contributed by atoms with Crippen molar-refractivity contribution in [2.75, 3.05) is 7.11 Å². The van der Waals surface area contributed by atoms with E-state index >= 15 is 0 Å². The fourth-order valence-corrected chi connectivity index (χ4v) is 4.09. The molecule has 1 atom stereocenters. The lowest BCUT2D eigenvalue weighted by molar-refractivity contribution is -0.124. The first kappa shape index (κ1) is 21.9. The normalized spacial score (nSPS) is 19.7. The molecule has 0 spiro atoms. The predicted octanol–water partition coefficient (Wildman–Crippen LogP) is 4.29. The second-order valence-electron chi connectivity index (χ2n) is 8.39. The van der Waals surface area contributed by atoms with Gasteiger partial charge in [0.25, 0.3) is 5.91 Å². The highest BCUT2D eigenvalue weighted by molar-refractivity contribution is 5.97. The highest BCUT2D eigenvalue weighted by atomic mass is 16.5. The molecule has 0 heterocycles. The van der Waals surface area contributed by atoms with E-state index in [0.717, 1.165) is 25.7 Å². The average Bonchev–Trinajstić information content (AvgIpc) is 2.78. The number of hydrogen-bond acceptors (Lipinski definition) is 3. The molecule has 1 saturated carbocycles. The first-order valence-corrected chi connectivity index (χ1v) is 10.8. The summed E-state index contributed by atoms with van der Waals surface area (Å²) in [6.45, 7) is 3.90. The Morgan fingerprint density at radius 3 is 2.13 bits per heavy atom. The SMILES string of the molecule is COc1ccc(C(=O)NC(C(=O)NC2CCC(c3ccccc3)CC2)C(C)C)cc1. The molecule has 2 N–H and O–H groups in total. The van der Waals surface area contributed by atoms with E-state index in [-0.39, 0.29) is 23.8 Å². The van der Waals surface area contributed by atoms with E-state index in [1.54, 1.807) is 31.4 Å². The third-order valence-corrected chi connectivity index (χ3v) is 5.93. The van der Waals surface area contributed by atoms with E-state index in [9.17, 15) is 9.59 Å². The topological polar surface area (TPSA) is 67.4 Å². The van der Waals surface area contributed by atoms with Gasteiger partial charge < -0.3 is 15.4 Å². The molecule has 30 heavy (non-hydrogen) atoms. The van der Waals surface area contributed by atoms with Crippen LogP contribution in [0.1, 0.15) is 61.4 Å². The number of rotatable bonds is 7. The molecule has 3 rings (SSSR count). The summed E-state index contributed by atoms with van der Waals surface area (Å²) in [5.74, 6) is 0.896. The van der Waals surface area contributed by atoms with Gasteiger partial charge in [-0.3, -0.25) is 9.59 Å². The average molecular weight is 409 g/mol. The Morgan fingerprint density at radius 1 is 0.933 bits per heavy atom. The van der Waals surface area contributed by atoms with Crippen LogP contribution in [0.15, 0.2) is 54.6 Å². The Balaban J connectivity index is 1.54. The Kier molecular flexibility index (Phi) is 7.50. The summed E-state index contributed by atoms with van der Waals surface area (Å²) in [6, 6.07) is 17.1. The first-order chi connectivity index (χ1) is 14.5. The molecular weight excluding hydrogens is 376 g/mol. The second kappa shape index (κ2) is 10.3. The van der Waals surface area contributed by atoms with Gasteiger partial charge in [-0.25, -0.2) is 0 Å². The third-order valence-electron chi connectivity index (χ3n) is 5.93. The van der Waals surface area contributed by atoms with Crippen LogP contribution in [-0.2, 0) is 4.79 Å². The molecule has 5 heteroatoms. The van der Waals surface area contributed by atoms with Crippen LogP contribution in [0.2, 0.25) is 0 Å². The van der Waals surface area contributed by atoms with Gasteiger partial charge in [-0.05, 0) is 67.3 Å². The maximum absolute atomic E-state index is 12.9. The smallest absolute Gasteiger partial charge is 0.251 e. The number of carbonyl (C=O) groups excluding carboxylic acids is 2. The molecule has 0 aromatic heterocycles. The van der Waals surface area contributed by atoms with Gasteiger partial charge in [-0.15, -0.1) is 0 Å². The van der Waals surface area contributed by atoms with E-state index in [1.807, 2.05) is 19.9 Å². The van der Waals surface area contributed by atoms with Crippen LogP contribution in [0.4, 0.5) is 0 Å². The molecule has 160 valence electrons. The summed E-state index contributed by atoms with van der Waals surface area (Å²) >= 11 is 0. The maximum atomic E-state index is 12.9. The molecule has 2 aromatic rings. The predicted molar refractivity (Wildman–Crippen MR) is 119 cm³/mol. The lowest BCUT2D eigenvalue weighted by Crippen LogP contribution is -2.52. The van der Waals surface area contributed by atoms with Crippen molar-refractivity contribution in [3.05, 3.63) is 65.7 Å². The molecule has 5 nitrogen and oxygen atoms in total. The Morgan fingerprint density at radius 2 is 1.57 bits per heavy atom. The molecular formula is C25H32N2O3. The van der Waals surface area contributed by atoms with E-state index in [4.69, 9.17) is 4.74 Å². The summed E-state index contributed by atoms with van der Waals surface area (Å²) < 4.78 is 5.13. The van der Waals surface area contributed by atoms with Gasteiger partial charge in [-0.1, -0.05) is 44.2 Å². The molecule has 2 aromatic carbocycles. The Labute approximate surface area is 179 Å². The van der Waals surface area contributed by atoms with Crippen LogP contribution in [-0.4, -0.2) is 31.0 Å². The molecule has 1 aliphatic rings. The number of amides is 2. The van der Waals surface area contributed by atoms with Gasteiger partial charge >= 0.3 is 0 Å². The van der Waals surface area contributed by atoms with Gasteiger partial charge in [0.05, 0.1) is 7.11 Å². The van der Waals surface area contributed by atoms with E-state index in [2.05, 4.69) is 34.9 Å². The number of ether oxygens (including phenoxy) is 1. The minimum atomic E-state index is -0.563. The number of benzene rings is 2. The molecule has 0 bridgehead atoms. The number of carbonyl (C=O) groups is 2. The quantitative estimate of drug-likeness (QED) is 0.718. The van der Waals surface area contributed by atoms with Crippen molar-refractivity contribution >= 4 is 11.8 Å². The molecule has 1 aliphatic carbocycles. The van der Waals surface area contributed by atoms with Crippen LogP contribution >= 0.6 is 0 Å². The number of hydrogen-bond donors (Lipinski definition) is 2. The number of nitrogens with one attached hydrogen (secondary N) is 2. The largest absolute Gasteiger partial charge is 0.497 e. The lowest BCUT2D eigenvalue weighted by Gasteiger charge is -2.31. The Bertz CT molecular complexity index is 825. The molecule has 0 saturated heterocycles. The van der Waals surface area contributed by atoms with Gasteiger partial charge in [0, 0.05) is 11.6 Å². The van der Waals surface area contributed by atoms with Crippen molar-refractivity contribution in [3.63, 3.8) is 0 Å². The zero-order valence-corrected chi connectivity index (χ0v) is 18.1. The first-order valence-electron chi connectivity index (χ1n) is 10.8. The van der Waals surface area contributed by atoms with Crippen molar-refractivity contribution in [1.82, 2.24) is 10.6 Å². The fraction of sp³-hybridized carbons (Fsp3) is 0.440. The highest BCUT2D eigenvalue weighted by Crippen LogP contribution is 2.32. The van der Waals surface area contributed by atoms with E-state index in [1.165, 1.54) is 5.56 Å². The third kappa shape index (κ3) is 5.62. The minimum absolute atomic E-state index is 0.00661. The summed E-state index contributed by atoms with van der Waals surface area (Å²) in [7, 11) is 1.58. The van der Waals surface area contributed by atoms with Crippen molar-refractivity contribution in [1.29, 1.82) is 0 Å². The summed E-state index contributed by atoms with van der Waals surface area (Å²) in [5, 5.41) is 6.08. The van der Waals surface area contributed by atoms with Gasteiger partial charge in [-0.2, -0.15) is 0 Å². The molecule has 2 amide bonds. The highest BCUT2D eigenvalue weighted by Gasteiger charge is 2.29. The fourth-order valence-electron chi connectivity index (χ4n) is 4.09. The monoisotopic (exact) mass is 408 g/mol.